The maximum absolute atomic E-state index is 14.6. The Labute approximate surface area is 194 Å². The van der Waals surface area contributed by atoms with Crippen LogP contribution in [0.4, 0.5) is 10.2 Å². The summed E-state index contributed by atoms with van der Waals surface area (Å²) in [7, 11) is 0. The van der Waals surface area contributed by atoms with Crippen LogP contribution in [0.5, 0.6) is 6.01 Å². The van der Waals surface area contributed by atoms with E-state index in [0.29, 0.717) is 44.0 Å². The number of hydrogen-bond donors (Lipinski definition) is 1. The number of rotatable bonds is 6. The van der Waals surface area contributed by atoms with Gasteiger partial charge >= 0.3 is 11.8 Å². The van der Waals surface area contributed by atoms with Gasteiger partial charge < -0.3 is 20.2 Å². The molecule has 1 aliphatic carbocycles. The number of amides is 1. The molecule has 0 saturated heterocycles. The molecule has 0 unspecified atom stereocenters. The quantitative estimate of drug-likeness (QED) is 0.439. The molecule has 10 nitrogen and oxygen atoms in total. The number of fused-ring (bicyclic) bond motifs is 1. The average molecular weight is 466 g/mol. The monoisotopic (exact) mass is 466 g/mol. The number of carbonyl (C=O) groups is 1. The highest BCUT2D eigenvalue weighted by Gasteiger charge is 2.25. The number of aromatic nitrogens is 3. The fourth-order valence-corrected chi connectivity index (χ4v) is 3.84. The topological polar surface area (TPSA) is 115 Å². The minimum absolute atomic E-state index is 0.0338. The highest BCUT2D eigenvalue weighted by molar-refractivity contribution is 5.95. The molecular weight excluding hydrogens is 443 g/mol. The molecule has 5 rings (SSSR count). The fraction of sp³-hybridized carbons (Fsp3) is 0.348. The second-order valence-corrected chi connectivity index (χ2v) is 8.41. The van der Waals surface area contributed by atoms with Gasteiger partial charge in [0.25, 0.3) is 5.91 Å². The Morgan fingerprint density at radius 3 is 2.82 bits per heavy atom. The van der Waals surface area contributed by atoms with Gasteiger partial charge in [-0.3, -0.25) is 19.2 Å². The summed E-state index contributed by atoms with van der Waals surface area (Å²) in [5.74, 6) is -1.20. The SMILES string of the molecule is O=C(NC1CC1)c1ccc(-c2cccc(CN3CCOc4nc([N+](=O)[O-])cn4CC3)n2)cc1F. The van der Waals surface area contributed by atoms with Crippen LogP contribution in [0.3, 0.4) is 0 Å². The highest BCUT2D eigenvalue weighted by atomic mass is 19.1. The Morgan fingerprint density at radius 1 is 1.21 bits per heavy atom. The summed E-state index contributed by atoms with van der Waals surface area (Å²) in [6, 6.07) is 10.5. The fourth-order valence-electron chi connectivity index (χ4n) is 3.84. The van der Waals surface area contributed by atoms with Crippen LogP contribution in [0, 0.1) is 15.9 Å². The van der Waals surface area contributed by atoms with Crippen molar-refractivity contribution < 1.29 is 18.8 Å². The number of nitrogens with zero attached hydrogens (tertiary/aromatic N) is 5. The second kappa shape index (κ2) is 9.18. The van der Waals surface area contributed by atoms with Crippen LogP contribution in [0.15, 0.2) is 42.6 Å². The van der Waals surface area contributed by atoms with Crippen molar-refractivity contribution in [1.29, 1.82) is 0 Å². The zero-order valence-electron chi connectivity index (χ0n) is 18.3. The van der Waals surface area contributed by atoms with Crippen LogP contribution in [-0.4, -0.2) is 56.0 Å². The van der Waals surface area contributed by atoms with E-state index in [2.05, 4.69) is 20.2 Å². The molecule has 2 aliphatic rings. The minimum atomic E-state index is -0.575. The Morgan fingerprint density at radius 2 is 2.06 bits per heavy atom. The Balaban J connectivity index is 1.27. The zero-order valence-corrected chi connectivity index (χ0v) is 18.3. The number of ether oxygens (including phenoxy) is 1. The van der Waals surface area contributed by atoms with Crippen molar-refractivity contribution in [1.82, 2.24) is 24.8 Å². The number of nitro groups is 1. The summed E-state index contributed by atoms with van der Waals surface area (Å²) in [5.41, 5.74) is 2.03. The van der Waals surface area contributed by atoms with Crippen molar-refractivity contribution in [2.45, 2.75) is 32.0 Å². The molecule has 3 heterocycles. The van der Waals surface area contributed by atoms with Crippen molar-refractivity contribution in [2.24, 2.45) is 0 Å². The standard InChI is InChI=1S/C23H23FN6O4/c24-19-12-15(4-7-18(19)22(31)26-16-5-6-16)20-3-1-2-17(25-20)13-28-8-9-29-14-21(30(32)33)27-23(29)34-11-10-28/h1-4,7,12,14,16H,5-6,8-11,13H2,(H,26,31). The van der Waals surface area contributed by atoms with Gasteiger partial charge in [0.05, 0.1) is 17.0 Å². The third kappa shape index (κ3) is 4.88. The number of benzene rings is 1. The van der Waals surface area contributed by atoms with E-state index in [0.717, 1.165) is 18.5 Å². The van der Waals surface area contributed by atoms with Crippen LogP contribution in [0.1, 0.15) is 28.9 Å². The summed E-state index contributed by atoms with van der Waals surface area (Å²) in [6.07, 6.45) is 3.25. The van der Waals surface area contributed by atoms with Crippen LogP contribution >= 0.6 is 0 Å². The molecule has 1 aliphatic heterocycles. The van der Waals surface area contributed by atoms with E-state index in [1.165, 1.54) is 18.3 Å². The summed E-state index contributed by atoms with van der Waals surface area (Å²) >= 11 is 0. The summed E-state index contributed by atoms with van der Waals surface area (Å²) < 4.78 is 21.9. The summed E-state index contributed by atoms with van der Waals surface area (Å²) in [5, 5.41) is 13.8. The molecule has 1 amide bonds. The summed E-state index contributed by atoms with van der Waals surface area (Å²) in [4.78, 5) is 33.3. The lowest BCUT2D eigenvalue weighted by Crippen LogP contribution is -2.33. The first kappa shape index (κ1) is 22.0. The molecule has 11 heteroatoms. The second-order valence-electron chi connectivity index (χ2n) is 8.41. The molecule has 0 bridgehead atoms. The number of hydrogen-bond acceptors (Lipinski definition) is 7. The third-order valence-electron chi connectivity index (χ3n) is 5.82. The highest BCUT2D eigenvalue weighted by Crippen LogP contribution is 2.24. The number of halogens is 1. The molecule has 2 aromatic heterocycles. The molecule has 1 saturated carbocycles. The zero-order chi connectivity index (χ0) is 23.7. The molecule has 0 atom stereocenters. The van der Waals surface area contributed by atoms with Crippen LogP contribution in [0.2, 0.25) is 0 Å². The summed E-state index contributed by atoms with van der Waals surface area (Å²) in [6.45, 7) is 2.60. The van der Waals surface area contributed by atoms with E-state index in [9.17, 15) is 19.3 Å². The normalized spacial score (nSPS) is 16.1. The molecule has 1 N–H and O–H groups in total. The van der Waals surface area contributed by atoms with E-state index < -0.39 is 10.7 Å². The van der Waals surface area contributed by atoms with Gasteiger partial charge in [-0.2, -0.15) is 0 Å². The van der Waals surface area contributed by atoms with Gasteiger partial charge in [0, 0.05) is 42.8 Å². The minimum Gasteiger partial charge on any atom is -0.444 e. The lowest BCUT2D eigenvalue weighted by atomic mass is 10.1. The molecule has 34 heavy (non-hydrogen) atoms. The van der Waals surface area contributed by atoms with Crippen molar-refractivity contribution in [3.63, 3.8) is 0 Å². The van der Waals surface area contributed by atoms with Crippen molar-refractivity contribution in [3.05, 3.63) is 69.8 Å². The van der Waals surface area contributed by atoms with E-state index in [1.807, 2.05) is 12.1 Å². The maximum Gasteiger partial charge on any atom is 0.414 e. The Bertz CT molecular complexity index is 1240. The smallest absolute Gasteiger partial charge is 0.414 e. The number of nitrogens with one attached hydrogen (secondary N) is 1. The molecule has 1 fully saturated rings. The lowest BCUT2D eigenvalue weighted by molar-refractivity contribution is -0.389. The van der Waals surface area contributed by atoms with Gasteiger partial charge in [0.2, 0.25) is 0 Å². The molecule has 1 aromatic carbocycles. The first-order valence-electron chi connectivity index (χ1n) is 11.1. The number of pyridine rings is 1. The van der Waals surface area contributed by atoms with Gasteiger partial charge in [0.15, 0.2) is 0 Å². The van der Waals surface area contributed by atoms with Gasteiger partial charge in [-0.1, -0.05) is 12.1 Å². The molecule has 176 valence electrons. The lowest BCUT2D eigenvalue weighted by Gasteiger charge is -2.24. The van der Waals surface area contributed by atoms with Gasteiger partial charge in [0.1, 0.15) is 18.6 Å². The van der Waals surface area contributed by atoms with E-state index in [-0.39, 0.29) is 29.3 Å². The van der Waals surface area contributed by atoms with Crippen molar-refractivity contribution in [2.75, 3.05) is 19.7 Å². The molecular formula is C23H23FN6O4. The van der Waals surface area contributed by atoms with Gasteiger partial charge in [-0.15, -0.1) is 0 Å². The van der Waals surface area contributed by atoms with Gasteiger partial charge in [-0.25, -0.2) is 4.39 Å². The van der Waals surface area contributed by atoms with Crippen molar-refractivity contribution in [3.8, 4) is 17.3 Å². The first-order valence-corrected chi connectivity index (χ1v) is 11.1. The molecule has 0 radical (unpaired) electrons. The molecule has 3 aromatic rings. The van der Waals surface area contributed by atoms with E-state index in [4.69, 9.17) is 4.74 Å². The Hall–Kier alpha value is -3.86. The first-order chi connectivity index (χ1) is 16.5. The van der Waals surface area contributed by atoms with E-state index >= 15 is 0 Å². The van der Waals surface area contributed by atoms with Crippen LogP contribution in [0.25, 0.3) is 11.3 Å². The van der Waals surface area contributed by atoms with Gasteiger partial charge in [-0.05, 0) is 42.0 Å². The van der Waals surface area contributed by atoms with Crippen molar-refractivity contribution >= 4 is 11.7 Å². The predicted molar refractivity (Wildman–Crippen MR) is 120 cm³/mol. The number of imidazole rings is 1. The van der Waals surface area contributed by atoms with Crippen LogP contribution < -0.4 is 10.1 Å². The van der Waals surface area contributed by atoms with Crippen LogP contribution in [-0.2, 0) is 13.1 Å². The Kier molecular flexibility index (Phi) is 5.93. The largest absolute Gasteiger partial charge is 0.444 e. The predicted octanol–water partition coefficient (Wildman–Crippen LogP) is 2.78. The molecule has 0 spiro atoms. The maximum atomic E-state index is 14.6. The number of carbonyl (C=O) groups excluding carboxylic acids is 1. The van der Waals surface area contributed by atoms with E-state index in [1.54, 1.807) is 16.7 Å². The average Bonchev–Trinajstić information content (AvgIpc) is 3.53. The third-order valence-corrected chi connectivity index (χ3v) is 5.82.